The van der Waals surface area contributed by atoms with Crippen LogP contribution in [0.25, 0.3) is 22.3 Å². The number of alkyl carbamates (subject to hydrolysis) is 1. The molecule has 2 aromatic heterocycles. The highest BCUT2D eigenvalue weighted by Gasteiger charge is 2.28. The molecule has 1 amide bonds. The fourth-order valence-corrected chi connectivity index (χ4v) is 4.09. The van der Waals surface area contributed by atoms with Gasteiger partial charge < -0.3 is 25.1 Å². The number of aromatic amines is 1. The molecule has 1 saturated carbocycles. The number of benzene rings is 1. The first-order chi connectivity index (χ1) is 17.5. The maximum atomic E-state index is 15.4. The van der Waals surface area contributed by atoms with Gasteiger partial charge in [-0.2, -0.15) is 0 Å². The molecule has 0 bridgehead atoms. The zero-order chi connectivity index (χ0) is 26.9. The van der Waals surface area contributed by atoms with Crippen LogP contribution < -0.4 is 10.6 Å². The van der Waals surface area contributed by atoms with Gasteiger partial charge in [0.25, 0.3) is 0 Å². The van der Waals surface area contributed by atoms with Gasteiger partial charge >= 0.3 is 12.1 Å². The van der Waals surface area contributed by atoms with Gasteiger partial charge in [0, 0.05) is 6.04 Å². The molecule has 0 radical (unpaired) electrons. The van der Waals surface area contributed by atoms with Crippen LogP contribution in [-0.4, -0.2) is 45.3 Å². The number of carbonyl (C=O) groups is 2. The molecule has 0 aliphatic heterocycles. The van der Waals surface area contributed by atoms with E-state index in [9.17, 15) is 9.59 Å². The van der Waals surface area contributed by atoms with Crippen LogP contribution in [0.2, 0.25) is 0 Å². The van der Waals surface area contributed by atoms with Gasteiger partial charge in [-0.1, -0.05) is 6.92 Å². The fraction of sp³-hybridized carbons (Fsp3) is 0.481. The maximum Gasteiger partial charge on any atom is 0.408 e. The summed E-state index contributed by atoms with van der Waals surface area (Å²) in [5.41, 5.74) is 2.05. The van der Waals surface area contributed by atoms with Crippen LogP contribution in [-0.2, 0) is 9.47 Å². The summed E-state index contributed by atoms with van der Waals surface area (Å²) in [6, 6.07) is 4.20. The van der Waals surface area contributed by atoms with Crippen molar-refractivity contribution in [3.05, 3.63) is 41.0 Å². The number of rotatable bonds is 8. The predicted molar refractivity (Wildman–Crippen MR) is 139 cm³/mol. The highest BCUT2D eigenvalue weighted by atomic mass is 19.1. The van der Waals surface area contributed by atoms with Crippen molar-refractivity contribution in [1.82, 2.24) is 20.3 Å². The quantitative estimate of drug-likeness (QED) is 0.327. The summed E-state index contributed by atoms with van der Waals surface area (Å²) in [6.07, 6.45) is 1.93. The Kier molecular flexibility index (Phi) is 7.38. The van der Waals surface area contributed by atoms with E-state index in [-0.39, 0.29) is 17.7 Å². The van der Waals surface area contributed by atoms with Crippen LogP contribution in [0.3, 0.4) is 0 Å². The lowest BCUT2D eigenvalue weighted by molar-refractivity contribution is 0.0484. The van der Waals surface area contributed by atoms with Crippen molar-refractivity contribution in [2.75, 3.05) is 11.9 Å². The number of aryl methyl sites for hydroxylation is 1. The zero-order valence-corrected chi connectivity index (χ0v) is 22.1. The Morgan fingerprint density at radius 1 is 1.22 bits per heavy atom. The van der Waals surface area contributed by atoms with E-state index < -0.39 is 29.5 Å². The molecule has 37 heavy (non-hydrogen) atoms. The third-order valence-corrected chi connectivity index (χ3v) is 5.94. The average molecular weight is 512 g/mol. The van der Waals surface area contributed by atoms with E-state index in [1.54, 1.807) is 39.8 Å². The first-order valence-corrected chi connectivity index (χ1v) is 12.6. The number of aromatic nitrogens is 3. The van der Waals surface area contributed by atoms with Gasteiger partial charge in [0.15, 0.2) is 0 Å². The van der Waals surface area contributed by atoms with Crippen molar-refractivity contribution in [2.45, 2.75) is 78.5 Å². The van der Waals surface area contributed by atoms with Crippen molar-refractivity contribution in [3.63, 3.8) is 0 Å². The number of anilines is 1. The van der Waals surface area contributed by atoms with E-state index >= 15 is 4.39 Å². The zero-order valence-electron chi connectivity index (χ0n) is 22.1. The molecule has 2 heterocycles. The standard InChI is InChI=1S/C27H34FN5O4/c1-7-18(32-26(35)37-27(4,5)6)22-16(25(34)36-8-2)13-20(31-22)21-17(28)11-12-19-23(21)33-24(14(3)29-19)30-15-9-10-15/h11-13,15,18,31H,7-10H2,1-6H3,(H,30,33)(H,32,35). The van der Waals surface area contributed by atoms with Gasteiger partial charge in [-0.05, 0) is 72.1 Å². The predicted octanol–water partition coefficient (Wildman–Crippen LogP) is 5.80. The van der Waals surface area contributed by atoms with Gasteiger partial charge in [-0.25, -0.2) is 23.9 Å². The van der Waals surface area contributed by atoms with E-state index in [1.165, 1.54) is 6.07 Å². The monoisotopic (exact) mass is 511 g/mol. The number of nitrogens with one attached hydrogen (secondary N) is 3. The lowest BCUT2D eigenvalue weighted by Crippen LogP contribution is -2.35. The number of hydrogen-bond donors (Lipinski definition) is 3. The summed E-state index contributed by atoms with van der Waals surface area (Å²) in [6.45, 7) is 10.9. The smallest absolute Gasteiger partial charge is 0.408 e. The molecule has 1 fully saturated rings. The number of nitrogens with zero attached hydrogens (tertiary/aromatic N) is 2. The number of carbonyl (C=O) groups excluding carboxylic acids is 2. The Morgan fingerprint density at radius 2 is 1.95 bits per heavy atom. The summed E-state index contributed by atoms with van der Waals surface area (Å²) in [7, 11) is 0. The second kappa shape index (κ2) is 10.4. The Hall–Kier alpha value is -3.69. The SMILES string of the molecule is CCOC(=O)c1cc(-c2c(F)ccc3nc(C)c(NC4CC4)nc23)[nH]c1C(CC)NC(=O)OC(C)(C)C. The number of halogens is 1. The molecule has 3 aromatic rings. The van der Waals surface area contributed by atoms with E-state index in [0.717, 1.165) is 18.5 Å². The molecule has 1 atom stereocenters. The van der Waals surface area contributed by atoms with Gasteiger partial charge in [0.1, 0.15) is 22.8 Å². The number of ether oxygens (including phenoxy) is 2. The number of amides is 1. The Bertz CT molecular complexity index is 1330. The van der Waals surface area contributed by atoms with E-state index in [1.807, 2.05) is 13.8 Å². The van der Waals surface area contributed by atoms with Crippen molar-refractivity contribution >= 4 is 28.9 Å². The third-order valence-electron chi connectivity index (χ3n) is 5.94. The minimum Gasteiger partial charge on any atom is -0.462 e. The number of H-pyrrole nitrogens is 1. The van der Waals surface area contributed by atoms with Crippen molar-refractivity contribution in [2.24, 2.45) is 0 Å². The molecule has 4 rings (SSSR count). The minimum atomic E-state index is -0.692. The fourth-order valence-electron chi connectivity index (χ4n) is 4.09. The lowest BCUT2D eigenvalue weighted by Gasteiger charge is -2.23. The summed E-state index contributed by atoms with van der Waals surface area (Å²) in [5, 5.41) is 6.16. The summed E-state index contributed by atoms with van der Waals surface area (Å²) >= 11 is 0. The first-order valence-electron chi connectivity index (χ1n) is 12.6. The molecule has 9 nitrogen and oxygen atoms in total. The molecule has 0 spiro atoms. The van der Waals surface area contributed by atoms with Crippen LogP contribution in [0.15, 0.2) is 18.2 Å². The third kappa shape index (κ3) is 6.00. The number of fused-ring (bicyclic) bond motifs is 1. The molecule has 0 saturated heterocycles. The molecule has 1 aliphatic rings. The topological polar surface area (TPSA) is 118 Å². The first kappa shape index (κ1) is 26.4. The number of hydrogen-bond acceptors (Lipinski definition) is 7. The molecule has 1 aromatic carbocycles. The second-order valence-corrected chi connectivity index (χ2v) is 10.2. The number of esters is 1. The van der Waals surface area contributed by atoms with E-state index in [4.69, 9.17) is 14.5 Å². The van der Waals surface area contributed by atoms with Crippen LogP contribution in [0.5, 0.6) is 0 Å². The van der Waals surface area contributed by atoms with Gasteiger partial charge in [-0.3, -0.25) is 0 Å². The largest absolute Gasteiger partial charge is 0.462 e. The van der Waals surface area contributed by atoms with Crippen LogP contribution in [0, 0.1) is 12.7 Å². The average Bonchev–Trinajstić information content (AvgIpc) is 3.52. The van der Waals surface area contributed by atoms with Crippen LogP contribution in [0.1, 0.15) is 81.7 Å². The normalized spacial score (nSPS) is 14.4. The molecular weight excluding hydrogens is 477 g/mol. The summed E-state index contributed by atoms with van der Waals surface area (Å²) in [5.74, 6) is -0.486. The highest BCUT2D eigenvalue weighted by molar-refractivity contribution is 5.97. The molecule has 1 unspecified atom stereocenters. The van der Waals surface area contributed by atoms with E-state index in [2.05, 4.69) is 20.6 Å². The summed E-state index contributed by atoms with van der Waals surface area (Å²) in [4.78, 5) is 38.0. The van der Waals surface area contributed by atoms with Gasteiger partial charge in [0.05, 0.1) is 46.4 Å². The van der Waals surface area contributed by atoms with Crippen molar-refractivity contribution in [3.8, 4) is 11.3 Å². The minimum absolute atomic E-state index is 0.165. The summed E-state index contributed by atoms with van der Waals surface area (Å²) < 4.78 is 26.0. The molecule has 3 N–H and O–H groups in total. The van der Waals surface area contributed by atoms with Crippen molar-refractivity contribution < 1.29 is 23.5 Å². The second-order valence-electron chi connectivity index (χ2n) is 10.2. The lowest BCUT2D eigenvalue weighted by atomic mass is 10.1. The highest BCUT2D eigenvalue weighted by Crippen LogP contribution is 2.35. The van der Waals surface area contributed by atoms with Crippen molar-refractivity contribution in [1.29, 1.82) is 0 Å². The maximum absolute atomic E-state index is 15.4. The van der Waals surface area contributed by atoms with E-state index in [0.29, 0.717) is 40.7 Å². The van der Waals surface area contributed by atoms with Gasteiger partial charge in [-0.15, -0.1) is 0 Å². The Balaban J connectivity index is 1.82. The van der Waals surface area contributed by atoms with Crippen LogP contribution >= 0.6 is 0 Å². The Morgan fingerprint density at radius 3 is 2.57 bits per heavy atom. The molecule has 1 aliphatic carbocycles. The van der Waals surface area contributed by atoms with Crippen LogP contribution in [0.4, 0.5) is 15.0 Å². The molecular formula is C27H34FN5O4. The molecule has 10 heteroatoms. The Labute approximate surface area is 215 Å². The molecule has 198 valence electrons. The van der Waals surface area contributed by atoms with Gasteiger partial charge in [0.2, 0.25) is 0 Å².